The number of rotatable bonds is 12. The topological polar surface area (TPSA) is 163 Å². The summed E-state index contributed by atoms with van der Waals surface area (Å²) in [7, 11) is 0. The number of carbonyl (C=O) groups excluding carboxylic acids is 4. The van der Waals surface area contributed by atoms with Gasteiger partial charge in [0, 0.05) is 55.2 Å². The van der Waals surface area contributed by atoms with Crippen molar-refractivity contribution in [3.63, 3.8) is 0 Å². The van der Waals surface area contributed by atoms with E-state index in [0.717, 1.165) is 55.1 Å². The molecule has 5 saturated heterocycles. The van der Waals surface area contributed by atoms with Gasteiger partial charge in [0.2, 0.25) is 17.7 Å². The fourth-order valence-corrected chi connectivity index (χ4v) is 9.53. The summed E-state index contributed by atoms with van der Waals surface area (Å²) >= 11 is 5.80. The second kappa shape index (κ2) is 16.4. The summed E-state index contributed by atoms with van der Waals surface area (Å²) in [6.45, 7) is 4.95. The number of anilines is 4. The van der Waals surface area contributed by atoms with E-state index >= 15 is 0 Å². The number of hydrogen-bond acceptors (Lipinski definition) is 11. The third kappa shape index (κ3) is 7.88. The van der Waals surface area contributed by atoms with Crippen molar-refractivity contribution in [2.45, 2.75) is 88.1 Å². The number of piperazine rings is 1. The molecule has 14 nitrogen and oxygen atoms in total. The van der Waals surface area contributed by atoms with Crippen molar-refractivity contribution in [1.29, 1.82) is 5.26 Å². The summed E-state index contributed by atoms with van der Waals surface area (Å²) in [5, 5.41) is 17.8. The van der Waals surface area contributed by atoms with Crippen molar-refractivity contribution in [3.05, 3.63) is 71.5 Å². The number of benzene rings is 2. The van der Waals surface area contributed by atoms with Crippen LogP contribution in [0.25, 0.3) is 0 Å². The molecule has 60 heavy (non-hydrogen) atoms. The Morgan fingerprint density at radius 3 is 2.45 bits per heavy atom. The van der Waals surface area contributed by atoms with Gasteiger partial charge in [0.05, 0.1) is 24.0 Å². The highest BCUT2D eigenvalue weighted by molar-refractivity contribution is 7.81. The van der Waals surface area contributed by atoms with Crippen LogP contribution in [0, 0.1) is 11.3 Å². The minimum absolute atomic E-state index is 0.0512. The fourth-order valence-electron chi connectivity index (χ4n) is 9.06. The molecule has 0 radical (unpaired) electrons. The minimum atomic E-state index is -4.85. The van der Waals surface area contributed by atoms with Crippen LogP contribution in [-0.2, 0) is 31.8 Å². The number of aryl methyl sites for hydroxylation is 1. The number of fused-ring (bicyclic) bond motifs is 3. The molecule has 3 atom stereocenters. The van der Waals surface area contributed by atoms with Gasteiger partial charge in [0.25, 0.3) is 5.91 Å². The average Bonchev–Trinajstić information content (AvgIpc) is 3.45. The molecular weight excluding hydrogens is 800 g/mol. The molecule has 18 heteroatoms. The number of ether oxygens (including phenoxy) is 1. The zero-order valence-electron chi connectivity index (χ0n) is 32.9. The van der Waals surface area contributed by atoms with E-state index in [1.54, 1.807) is 23.1 Å². The molecule has 4 amide bonds. The van der Waals surface area contributed by atoms with Crippen LogP contribution in [-0.4, -0.2) is 100.0 Å². The van der Waals surface area contributed by atoms with Gasteiger partial charge in [-0.2, -0.15) is 18.4 Å². The van der Waals surface area contributed by atoms with Crippen molar-refractivity contribution in [2.24, 2.45) is 0 Å². The largest absolute Gasteiger partial charge is 0.492 e. The Hall–Kier alpha value is -5.64. The SMILES string of the molecule is CCc1cc(N2C(=S)N(c3cnc(C#N)c(C(F)(F)F)c3)C(=O)C23CCC3)ccc1OCCN1C[C@H]2CC[C@H]1CN2CC(=O)Nc1cccc(NC2CCC(=O)NC2=O)c1. The van der Waals surface area contributed by atoms with Gasteiger partial charge in [-0.25, -0.2) is 4.98 Å². The first-order chi connectivity index (χ1) is 28.8. The lowest BCUT2D eigenvalue weighted by Gasteiger charge is -2.51. The number of pyridine rings is 1. The summed E-state index contributed by atoms with van der Waals surface area (Å²) < 4.78 is 47.8. The van der Waals surface area contributed by atoms with Gasteiger partial charge in [-0.15, -0.1) is 0 Å². The van der Waals surface area contributed by atoms with E-state index in [1.807, 2.05) is 31.2 Å². The summed E-state index contributed by atoms with van der Waals surface area (Å²) in [6, 6.07) is 15.0. The third-order valence-electron chi connectivity index (χ3n) is 12.3. The minimum Gasteiger partial charge on any atom is -0.492 e. The molecule has 1 saturated carbocycles. The summed E-state index contributed by atoms with van der Waals surface area (Å²) in [6.07, 6.45) is 1.27. The van der Waals surface area contributed by atoms with E-state index in [1.165, 1.54) is 6.07 Å². The molecule has 1 spiro atoms. The Kier molecular flexibility index (Phi) is 11.3. The van der Waals surface area contributed by atoms with E-state index in [-0.39, 0.29) is 53.6 Å². The number of amides is 4. The highest BCUT2D eigenvalue weighted by atomic mass is 32.1. The molecule has 6 heterocycles. The maximum Gasteiger partial charge on any atom is 0.419 e. The number of piperidine rings is 3. The zero-order valence-corrected chi connectivity index (χ0v) is 33.7. The normalized spacial score (nSPS) is 22.8. The fraction of sp³-hybridized carbons (Fsp3) is 0.452. The number of halogens is 3. The number of carbonyl (C=O) groups is 4. The second-order valence-electron chi connectivity index (χ2n) is 15.9. The average molecular weight is 844 g/mol. The number of nitrogens with one attached hydrogen (secondary N) is 3. The van der Waals surface area contributed by atoms with Crippen LogP contribution in [0.1, 0.15) is 68.7 Å². The maximum atomic E-state index is 14.0. The van der Waals surface area contributed by atoms with E-state index in [2.05, 4.69) is 30.7 Å². The lowest BCUT2D eigenvalue weighted by molar-refractivity contribution is -0.138. The molecular formula is C42H44F3N9O5S. The van der Waals surface area contributed by atoms with E-state index in [0.29, 0.717) is 61.6 Å². The molecule has 1 aromatic heterocycles. The van der Waals surface area contributed by atoms with E-state index in [4.69, 9.17) is 17.0 Å². The Bertz CT molecular complexity index is 2280. The molecule has 9 rings (SSSR count). The predicted octanol–water partition coefficient (Wildman–Crippen LogP) is 4.98. The van der Waals surface area contributed by atoms with Crippen LogP contribution in [0.3, 0.4) is 0 Å². The monoisotopic (exact) mass is 843 g/mol. The number of alkyl halides is 3. The third-order valence-corrected chi connectivity index (χ3v) is 12.6. The Morgan fingerprint density at radius 2 is 1.78 bits per heavy atom. The molecule has 3 N–H and O–H groups in total. The van der Waals surface area contributed by atoms with Gasteiger partial charge in [0.1, 0.15) is 30.0 Å². The number of nitriles is 1. The molecule has 2 bridgehead atoms. The number of hydrogen-bond donors (Lipinski definition) is 3. The van der Waals surface area contributed by atoms with Crippen molar-refractivity contribution < 1.29 is 37.1 Å². The maximum absolute atomic E-state index is 14.0. The van der Waals surface area contributed by atoms with Gasteiger partial charge in [-0.1, -0.05) is 13.0 Å². The van der Waals surface area contributed by atoms with Gasteiger partial charge >= 0.3 is 6.18 Å². The predicted molar refractivity (Wildman–Crippen MR) is 219 cm³/mol. The lowest BCUT2D eigenvalue weighted by Crippen LogP contribution is -2.63. The van der Waals surface area contributed by atoms with E-state index in [9.17, 15) is 37.6 Å². The number of thiocarbonyl (C=S) groups is 1. The van der Waals surface area contributed by atoms with Gasteiger partial charge in [0.15, 0.2) is 10.8 Å². The van der Waals surface area contributed by atoms with Crippen LogP contribution in [0.2, 0.25) is 0 Å². The lowest BCUT2D eigenvalue weighted by atomic mass is 9.75. The molecule has 3 aromatic rings. The van der Waals surface area contributed by atoms with Crippen molar-refractivity contribution in [2.75, 3.05) is 53.2 Å². The molecule has 2 aromatic carbocycles. The Balaban J connectivity index is 0.864. The van der Waals surface area contributed by atoms with Crippen molar-refractivity contribution in [3.8, 4) is 11.8 Å². The molecule has 1 aliphatic carbocycles. The first-order valence-corrected chi connectivity index (χ1v) is 20.6. The Morgan fingerprint density at radius 1 is 1.03 bits per heavy atom. The van der Waals surface area contributed by atoms with Gasteiger partial charge in [-0.05, 0) is 105 Å². The quantitative estimate of drug-likeness (QED) is 0.166. The number of imide groups is 1. The molecule has 6 aliphatic rings. The van der Waals surface area contributed by atoms with Gasteiger partial charge < -0.3 is 20.3 Å². The van der Waals surface area contributed by atoms with Crippen molar-refractivity contribution >= 4 is 63.7 Å². The summed E-state index contributed by atoms with van der Waals surface area (Å²) in [4.78, 5) is 62.0. The van der Waals surface area contributed by atoms with Crippen LogP contribution >= 0.6 is 12.2 Å². The van der Waals surface area contributed by atoms with Crippen LogP contribution < -0.4 is 30.5 Å². The molecule has 6 fully saturated rings. The summed E-state index contributed by atoms with van der Waals surface area (Å²) in [5.41, 5.74) is -0.343. The molecule has 1 unspecified atom stereocenters. The van der Waals surface area contributed by atoms with Gasteiger partial charge in [-0.3, -0.25) is 39.2 Å². The van der Waals surface area contributed by atoms with Crippen LogP contribution in [0.4, 0.5) is 35.9 Å². The zero-order chi connectivity index (χ0) is 42.3. The highest BCUT2D eigenvalue weighted by Crippen LogP contribution is 2.49. The highest BCUT2D eigenvalue weighted by Gasteiger charge is 2.60. The smallest absolute Gasteiger partial charge is 0.419 e. The first kappa shape index (κ1) is 41.1. The van der Waals surface area contributed by atoms with Crippen LogP contribution in [0.15, 0.2) is 54.7 Å². The molecule has 5 aliphatic heterocycles. The Labute approximate surface area is 350 Å². The second-order valence-corrected chi connectivity index (χ2v) is 16.3. The first-order valence-electron chi connectivity index (χ1n) is 20.2. The summed E-state index contributed by atoms with van der Waals surface area (Å²) in [5.74, 6) is -0.488. The number of aromatic nitrogens is 1. The standard InChI is InChI=1S/C42H44F3N9O5S/c1-2-25-17-28(54-40(60)53(39(58)41(54)13-4-14-41)31-19-32(42(43,44)45)34(20-46)47-21-31)9-11-35(25)59-16-15-51-22-30-8-7-29(51)23-52(30)24-37(56)49-27-6-3-5-26(18-27)48-33-10-12-36(55)50-38(33)57/h3,5-6,9,11,17-19,21,29-30,33,48H,2,4,7-8,10,12-16,22-24H2,1H3,(H,49,56)(H,50,55,57)/t29-,30+,33?/m0/s1. The molecule has 314 valence electrons. The van der Waals surface area contributed by atoms with Crippen molar-refractivity contribution in [1.82, 2.24) is 20.1 Å². The van der Waals surface area contributed by atoms with E-state index < -0.39 is 34.9 Å². The van der Waals surface area contributed by atoms with Crippen LogP contribution in [0.5, 0.6) is 5.75 Å². The number of nitrogens with zero attached hydrogens (tertiary/aromatic N) is 6.